The summed E-state index contributed by atoms with van der Waals surface area (Å²) in [5.74, 6) is 0. The second kappa shape index (κ2) is 1.11. The van der Waals surface area contributed by atoms with Gasteiger partial charge in [0.15, 0.2) is 0 Å². The van der Waals surface area contributed by atoms with Gasteiger partial charge in [0, 0.05) is 0 Å². The molecule has 1 atom stereocenters. The van der Waals surface area contributed by atoms with E-state index in [1.165, 1.54) is 0 Å². The van der Waals surface area contributed by atoms with Gasteiger partial charge in [-0.3, -0.25) is 6.66 Å². The van der Waals surface area contributed by atoms with Crippen molar-refractivity contribution in [2.24, 2.45) is 0 Å². The zero-order valence-corrected chi connectivity index (χ0v) is 3.87. The van der Waals surface area contributed by atoms with Crippen molar-refractivity contribution in [3.8, 4) is 0 Å². The Kier molecular flexibility index (Phi) is 1.16. The average Bonchev–Trinajstić information content (AvgIpc) is 0.722. The van der Waals surface area contributed by atoms with E-state index in [1.807, 2.05) is 0 Å². The van der Waals surface area contributed by atoms with Crippen LogP contribution in [-0.2, 0) is 4.57 Å². The standard InChI is InChI=1S/C2H6O2P/c1-5(2,3)4/h1H2,2H3,(H,3,4)/q-1/p-1. The van der Waals surface area contributed by atoms with E-state index in [4.69, 9.17) is 0 Å². The minimum absolute atomic E-state index is 1.08. The molecule has 0 fully saturated rings. The minimum atomic E-state index is -3.14. The highest BCUT2D eigenvalue weighted by Gasteiger charge is 1.64. The fraction of sp³-hybridized carbons (Fsp3) is 0.500. The molecular formula is C2H5O2P-2. The highest BCUT2D eigenvalue weighted by molar-refractivity contribution is 7.56. The molecule has 0 rings (SSSR count). The Morgan fingerprint density at radius 1 is 2.00 bits per heavy atom. The number of hydrogen-bond donors (Lipinski definition) is 0. The zero-order chi connectivity index (χ0) is 4.50. The highest BCUT2D eigenvalue weighted by Crippen LogP contribution is 2.24. The molecule has 2 nitrogen and oxygen atoms in total. The molecule has 32 valence electrons. The summed E-state index contributed by atoms with van der Waals surface area (Å²) in [5, 5.41) is 0. The Bertz CT molecular complexity index is 53.8. The van der Waals surface area contributed by atoms with Crippen molar-refractivity contribution in [2.75, 3.05) is 6.66 Å². The third-order valence-electron chi connectivity index (χ3n) is 0. The first kappa shape index (κ1) is 5.19. The lowest BCUT2D eigenvalue weighted by Crippen LogP contribution is -1.90. The van der Waals surface area contributed by atoms with E-state index < -0.39 is 7.37 Å². The van der Waals surface area contributed by atoms with Crippen LogP contribution >= 0.6 is 7.37 Å². The third-order valence-corrected chi connectivity index (χ3v) is 0. The zero-order valence-electron chi connectivity index (χ0n) is 2.97. The predicted molar refractivity (Wildman–Crippen MR) is 18.9 cm³/mol. The lowest BCUT2D eigenvalue weighted by Gasteiger charge is -2.16. The molecule has 3 heteroatoms. The monoisotopic (exact) mass is 92.0 g/mol. The largest absolute Gasteiger partial charge is 0.823 e. The van der Waals surface area contributed by atoms with Crippen molar-refractivity contribution in [3.05, 3.63) is 6.66 Å². The maximum atomic E-state index is 9.55. The van der Waals surface area contributed by atoms with Crippen molar-refractivity contribution < 1.29 is 9.46 Å². The van der Waals surface area contributed by atoms with E-state index in [9.17, 15) is 9.46 Å². The Hall–Kier alpha value is 0.190. The highest BCUT2D eigenvalue weighted by atomic mass is 31.2. The maximum Gasteiger partial charge on any atom is -0.0504 e. The molecule has 0 spiro atoms. The van der Waals surface area contributed by atoms with E-state index in [1.54, 1.807) is 0 Å². The Morgan fingerprint density at radius 3 is 2.00 bits per heavy atom. The van der Waals surface area contributed by atoms with Gasteiger partial charge >= 0.3 is 0 Å². The predicted octanol–water partition coefficient (Wildman–Crippen LogP) is 0.0462. The average molecular weight is 92.0 g/mol. The molecule has 0 aliphatic carbocycles. The van der Waals surface area contributed by atoms with Crippen LogP contribution in [0.25, 0.3) is 0 Å². The van der Waals surface area contributed by atoms with Crippen LogP contribution in [0.4, 0.5) is 0 Å². The SMILES string of the molecule is [CH2-]P(C)(=O)[O-]. The smallest absolute Gasteiger partial charge is 0.0504 e. The molecule has 0 heterocycles. The molecule has 5 heavy (non-hydrogen) atoms. The van der Waals surface area contributed by atoms with Crippen molar-refractivity contribution in [1.29, 1.82) is 0 Å². The molecule has 1 unspecified atom stereocenters. The quantitative estimate of drug-likeness (QED) is 0.313. The van der Waals surface area contributed by atoms with E-state index in [2.05, 4.69) is 6.66 Å². The van der Waals surface area contributed by atoms with E-state index >= 15 is 0 Å². The first-order valence-electron chi connectivity index (χ1n) is 1.13. The summed E-state index contributed by atoms with van der Waals surface area (Å²) in [5.41, 5.74) is 0. The summed E-state index contributed by atoms with van der Waals surface area (Å²) < 4.78 is 9.55. The first-order chi connectivity index (χ1) is 2.00. The summed E-state index contributed by atoms with van der Waals surface area (Å²) in [7, 11) is -3.14. The Morgan fingerprint density at radius 2 is 2.00 bits per heavy atom. The molecule has 0 saturated carbocycles. The fourth-order valence-electron chi connectivity index (χ4n) is 0. The van der Waals surface area contributed by atoms with Crippen LogP contribution in [-0.4, -0.2) is 6.66 Å². The van der Waals surface area contributed by atoms with Crippen molar-refractivity contribution in [3.63, 3.8) is 0 Å². The van der Waals surface area contributed by atoms with Crippen LogP contribution in [0.5, 0.6) is 0 Å². The fourth-order valence-corrected chi connectivity index (χ4v) is 0. The van der Waals surface area contributed by atoms with Crippen molar-refractivity contribution >= 4 is 7.37 Å². The number of rotatable bonds is 0. The van der Waals surface area contributed by atoms with Gasteiger partial charge < -0.3 is 9.46 Å². The lowest BCUT2D eigenvalue weighted by atomic mass is 11.9. The summed E-state index contributed by atoms with van der Waals surface area (Å²) in [6.45, 7) is 3.85. The molecule has 0 bridgehead atoms. The van der Waals surface area contributed by atoms with Crippen molar-refractivity contribution in [2.45, 2.75) is 0 Å². The third kappa shape index (κ3) is 557. The first-order valence-corrected chi connectivity index (χ1v) is 3.39. The molecule has 0 aliphatic heterocycles. The molecule has 0 N–H and O–H groups in total. The summed E-state index contributed by atoms with van der Waals surface area (Å²) in [6, 6.07) is 0. The Labute approximate surface area is 31.3 Å². The normalized spacial score (nSPS) is 21.4. The van der Waals surface area contributed by atoms with E-state index in [0.29, 0.717) is 0 Å². The topological polar surface area (TPSA) is 40.1 Å². The van der Waals surface area contributed by atoms with E-state index in [0.717, 1.165) is 6.66 Å². The van der Waals surface area contributed by atoms with Gasteiger partial charge in [-0.15, -0.1) is 7.37 Å². The maximum absolute atomic E-state index is 9.55. The van der Waals surface area contributed by atoms with Gasteiger partial charge in [0.2, 0.25) is 0 Å². The van der Waals surface area contributed by atoms with Crippen LogP contribution in [0.15, 0.2) is 0 Å². The molecular weight excluding hydrogens is 87.0 g/mol. The van der Waals surface area contributed by atoms with Crippen LogP contribution in [0, 0.1) is 6.66 Å². The van der Waals surface area contributed by atoms with Crippen molar-refractivity contribution in [1.82, 2.24) is 0 Å². The molecule has 0 aromatic heterocycles. The van der Waals surface area contributed by atoms with Crippen LogP contribution < -0.4 is 4.89 Å². The second-order valence-corrected chi connectivity index (χ2v) is 3.04. The number of hydrogen-bond acceptors (Lipinski definition) is 2. The van der Waals surface area contributed by atoms with Gasteiger partial charge in [-0.05, 0) is 0 Å². The van der Waals surface area contributed by atoms with Gasteiger partial charge in [-0.1, -0.05) is 6.66 Å². The van der Waals surface area contributed by atoms with E-state index in [-0.39, 0.29) is 0 Å². The molecule has 0 aliphatic rings. The molecule has 0 saturated heterocycles. The summed E-state index contributed by atoms with van der Waals surface area (Å²) in [6.07, 6.45) is 0. The lowest BCUT2D eigenvalue weighted by molar-refractivity contribution is -0.170. The summed E-state index contributed by atoms with van der Waals surface area (Å²) >= 11 is 0. The van der Waals surface area contributed by atoms with Crippen LogP contribution in [0.1, 0.15) is 0 Å². The van der Waals surface area contributed by atoms with Gasteiger partial charge in [-0.2, -0.15) is 0 Å². The minimum Gasteiger partial charge on any atom is -0.823 e. The molecule has 0 aromatic carbocycles. The second-order valence-electron chi connectivity index (χ2n) is 1.01. The van der Waals surface area contributed by atoms with Gasteiger partial charge in [0.1, 0.15) is 0 Å². The molecule has 0 radical (unpaired) electrons. The molecule has 0 aromatic rings. The van der Waals surface area contributed by atoms with Gasteiger partial charge in [0.05, 0.1) is 0 Å². The van der Waals surface area contributed by atoms with Gasteiger partial charge in [-0.25, -0.2) is 0 Å². The van der Waals surface area contributed by atoms with Crippen LogP contribution in [0.3, 0.4) is 0 Å². The van der Waals surface area contributed by atoms with Crippen LogP contribution in [0.2, 0.25) is 0 Å². The summed E-state index contributed by atoms with van der Waals surface area (Å²) in [4.78, 5) is 9.55. The molecule has 0 amide bonds. The van der Waals surface area contributed by atoms with Gasteiger partial charge in [0.25, 0.3) is 0 Å². The Balaban J connectivity index is 3.47.